The van der Waals surface area contributed by atoms with Gasteiger partial charge in [0.2, 0.25) is 0 Å². The van der Waals surface area contributed by atoms with Crippen molar-refractivity contribution in [2.45, 2.75) is 6.54 Å². The van der Waals surface area contributed by atoms with E-state index in [9.17, 15) is 9.18 Å². The van der Waals surface area contributed by atoms with Crippen molar-refractivity contribution in [3.05, 3.63) is 118 Å². The van der Waals surface area contributed by atoms with Crippen LogP contribution in [-0.2, 0) is 16.1 Å². The van der Waals surface area contributed by atoms with Gasteiger partial charge in [-0.05, 0) is 48.0 Å². The number of para-hydroxylation sites is 1. The predicted octanol–water partition coefficient (Wildman–Crippen LogP) is 6.57. The fourth-order valence-corrected chi connectivity index (χ4v) is 3.98. The minimum absolute atomic E-state index is 0.250. The first-order valence-electron chi connectivity index (χ1n) is 9.81. The van der Waals surface area contributed by atoms with Gasteiger partial charge in [0.25, 0.3) is 0 Å². The standard InChI is InChI=1S/C26H17BrFNO2/c27-21-9-7-18(8-10-21)25-14-19(26(30)31-25)13-20-16-29(24-4-2-1-3-23(20)24)15-17-5-11-22(28)12-6-17/h1-14,16H,15H2. The van der Waals surface area contributed by atoms with E-state index in [-0.39, 0.29) is 11.8 Å². The first kappa shape index (κ1) is 19.5. The second-order valence-corrected chi connectivity index (χ2v) is 8.28. The molecular weight excluding hydrogens is 457 g/mol. The molecule has 0 spiro atoms. The highest BCUT2D eigenvalue weighted by atomic mass is 79.9. The molecule has 0 N–H and O–H groups in total. The first-order chi connectivity index (χ1) is 15.1. The fourth-order valence-electron chi connectivity index (χ4n) is 3.72. The first-order valence-corrected chi connectivity index (χ1v) is 10.6. The van der Waals surface area contributed by atoms with Gasteiger partial charge in [0, 0.05) is 39.2 Å². The molecule has 0 saturated heterocycles. The number of nitrogens with zero attached hydrogens (tertiary/aromatic N) is 1. The van der Waals surface area contributed by atoms with Gasteiger partial charge in [-0.1, -0.05) is 58.4 Å². The normalized spacial score (nSPS) is 14.8. The summed E-state index contributed by atoms with van der Waals surface area (Å²) in [6, 6.07) is 22.1. The van der Waals surface area contributed by atoms with Crippen LogP contribution >= 0.6 is 15.9 Å². The number of carbonyl (C=O) groups excluding carboxylic acids is 1. The summed E-state index contributed by atoms with van der Waals surface area (Å²) < 4.78 is 21.8. The Morgan fingerprint density at radius 1 is 0.968 bits per heavy atom. The lowest BCUT2D eigenvalue weighted by Gasteiger charge is -2.05. The smallest absolute Gasteiger partial charge is 0.343 e. The Kier molecular flexibility index (Phi) is 5.04. The van der Waals surface area contributed by atoms with E-state index < -0.39 is 0 Å². The largest absolute Gasteiger partial charge is 0.422 e. The Morgan fingerprint density at radius 2 is 1.71 bits per heavy atom. The maximum atomic E-state index is 13.3. The molecule has 1 aromatic heterocycles. The zero-order valence-corrected chi connectivity index (χ0v) is 18.0. The summed E-state index contributed by atoms with van der Waals surface area (Å²) in [6.45, 7) is 0.606. The molecule has 0 unspecified atom stereocenters. The van der Waals surface area contributed by atoms with Crippen molar-refractivity contribution in [1.82, 2.24) is 4.57 Å². The fraction of sp³-hybridized carbons (Fsp3) is 0.0385. The summed E-state index contributed by atoms with van der Waals surface area (Å²) in [7, 11) is 0. The van der Waals surface area contributed by atoms with E-state index in [2.05, 4.69) is 20.5 Å². The van der Waals surface area contributed by atoms with Gasteiger partial charge in [0.15, 0.2) is 0 Å². The van der Waals surface area contributed by atoms with Crippen molar-refractivity contribution < 1.29 is 13.9 Å². The van der Waals surface area contributed by atoms with Crippen molar-refractivity contribution >= 4 is 44.6 Å². The lowest BCUT2D eigenvalue weighted by atomic mass is 10.1. The molecule has 3 aromatic carbocycles. The summed E-state index contributed by atoms with van der Waals surface area (Å²) in [4.78, 5) is 12.5. The molecule has 0 fully saturated rings. The van der Waals surface area contributed by atoms with Crippen molar-refractivity contribution in [3.8, 4) is 0 Å². The van der Waals surface area contributed by atoms with Gasteiger partial charge in [0.05, 0.1) is 5.57 Å². The van der Waals surface area contributed by atoms with Crippen LogP contribution in [-0.4, -0.2) is 10.5 Å². The number of rotatable bonds is 4. The Balaban J connectivity index is 1.52. The van der Waals surface area contributed by atoms with E-state index in [0.717, 1.165) is 32.1 Å². The van der Waals surface area contributed by atoms with Gasteiger partial charge in [-0.3, -0.25) is 0 Å². The molecular formula is C26H17BrFNO2. The highest BCUT2D eigenvalue weighted by molar-refractivity contribution is 9.10. The zero-order valence-electron chi connectivity index (χ0n) is 16.4. The third-order valence-corrected chi connectivity index (χ3v) is 5.78. The van der Waals surface area contributed by atoms with Gasteiger partial charge in [-0.2, -0.15) is 0 Å². The van der Waals surface area contributed by atoms with E-state index in [1.807, 2.05) is 60.8 Å². The summed E-state index contributed by atoms with van der Waals surface area (Å²) in [5.74, 6) is -0.0771. The Bertz CT molecular complexity index is 1350. The molecule has 0 bridgehead atoms. The molecule has 152 valence electrons. The van der Waals surface area contributed by atoms with Crippen LogP contribution in [0.4, 0.5) is 4.39 Å². The molecule has 4 aromatic rings. The average molecular weight is 474 g/mol. The molecule has 2 heterocycles. The molecule has 5 rings (SSSR count). The van der Waals surface area contributed by atoms with Gasteiger partial charge in [0.1, 0.15) is 11.6 Å². The van der Waals surface area contributed by atoms with Crippen molar-refractivity contribution in [1.29, 1.82) is 0 Å². The highest BCUT2D eigenvalue weighted by Crippen LogP contribution is 2.30. The van der Waals surface area contributed by atoms with E-state index in [4.69, 9.17) is 4.74 Å². The van der Waals surface area contributed by atoms with Crippen LogP contribution in [0.5, 0.6) is 0 Å². The Morgan fingerprint density at radius 3 is 2.48 bits per heavy atom. The lowest BCUT2D eigenvalue weighted by molar-refractivity contribution is -0.130. The number of ether oxygens (including phenoxy) is 1. The number of cyclic esters (lactones) is 1. The molecule has 31 heavy (non-hydrogen) atoms. The third kappa shape index (κ3) is 3.97. The molecule has 1 aliphatic heterocycles. The van der Waals surface area contributed by atoms with Crippen LogP contribution < -0.4 is 0 Å². The van der Waals surface area contributed by atoms with Crippen LogP contribution in [0.1, 0.15) is 16.7 Å². The van der Waals surface area contributed by atoms with Gasteiger partial charge < -0.3 is 9.30 Å². The van der Waals surface area contributed by atoms with Crippen LogP contribution in [0, 0.1) is 5.82 Å². The molecule has 1 aliphatic rings. The Hall–Kier alpha value is -3.44. The quantitative estimate of drug-likeness (QED) is 0.247. The summed E-state index contributed by atoms with van der Waals surface area (Å²) in [5.41, 5.74) is 4.32. The van der Waals surface area contributed by atoms with Gasteiger partial charge in [-0.15, -0.1) is 0 Å². The van der Waals surface area contributed by atoms with Crippen molar-refractivity contribution in [3.63, 3.8) is 0 Å². The third-order valence-electron chi connectivity index (χ3n) is 5.25. The molecule has 0 saturated carbocycles. The van der Waals surface area contributed by atoms with Gasteiger partial charge in [-0.25, -0.2) is 9.18 Å². The second-order valence-electron chi connectivity index (χ2n) is 7.36. The second kappa shape index (κ2) is 8.00. The topological polar surface area (TPSA) is 31.2 Å². The van der Waals surface area contributed by atoms with Crippen LogP contribution in [0.25, 0.3) is 22.7 Å². The summed E-state index contributed by atoms with van der Waals surface area (Å²) in [5, 5.41) is 1.04. The minimum Gasteiger partial charge on any atom is -0.422 e. The van der Waals surface area contributed by atoms with Crippen LogP contribution in [0.3, 0.4) is 0 Å². The van der Waals surface area contributed by atoms with Crippen molar-refractivity contribution in [2.75, 3.05) is 0 Å². The number of halogens is 2. The number of hydrogen-bond acceptors (Lipinski definition) is 2. The molecule has 5 heteroatoms. The summed E-state index contributed by atoms with van der Waals surface area (Å²) in [6.07, 6.45) is 5.65. The molecule has 3 nitrogen and oxygen atoms in total. The maximum Gasteiger partial charge on any atom is 0.343 e. The monoisotopic (exact) mass is 473 g/mol. The predicted molar refractivity (Wildman–Crippen MR) is 124 cm³/mol. The number of fused-ring (bicyclic) bond motifs is 1. The minimum atomic E-state index is -0.367. The van der Waals surface area contributed by atoms with E-state index >= 15 is 0 Å². The zero-order chi connectivity index (χ0) is 21.4. The number of benzene rings is 3. The number of carbonyl (C=O) groups is 1. The molecule has 0 aliphatic carbocycles. The molecule has 0 radical (unpaired) electrons. The van der Waals surface area contributed by atoms with E-state index in [0.29, 0.717) is 17.9 Å². The lowest BCUT2D eigenvalue weighted by Crippen LogP contribution is -1.98. The molecule has 0 atom stereocenters. The Labute approximate surface area is 187 Å². The number of hydrogen-bond donors (Lipinski definition) is 0. The van der Waals surface area contributed by atoms with Gasteiger partial charge >= 0.3 is 5.97 Å². The maximum absolute atomic E-state index is 13.3. The number of aromatic nitrogens is 1. The average Bonchev–Trinajstić information content (AvgIpc) is 3.31. The number of esters is 1. The van der Waals surface area contributed by atoms with Crippen LogP contribution in [0.2, 0.25) is 0 Å². The van der Waals surface area contributed by atoms with E-state index in [1.54, 1.807) is 18.2 Å². The SMILES string of the molecule is O=C1OC(c2ccc(Br)cc2)=CC1=Cc1cn(Cc2ccc(F)cc2)c2ccccc12. The van der Waals surface area contributed by atoms with Crippen molar-refractivity contribution in [2.24, 2.45) is 0 Å². The summed E-state index contributed by atoms with van der Waals surface area (Å²) >= 11 is 3.41. The molecule has 0 amide bonds. The van der Waals surface area contributed by atoms with Crippen LogP contribution in [0.15, 0.2) is 95.1 Å². The van der Waals surface area contributed by atoms with E-state index in [1.165, 1.54) is 12.1 Å². The highest BCUT2D eigenvalue weighted by Gasteiger charge is 2.22.